The van der Waals surface area contributed by atoms with Gasteiger partial charge in [-0.3, -0.25) is 9.80 Å². The summed E-state index contributed by atoms with van der Waals surface area (Å²) in [6, 6.07) is 6.54. The molecule has 1 aromatic heterocycles. The number of benzene rings is 1. The number of fused-ring (bicyclic) bond motifs is 1. The lowest BCUT2D eigenvalue weighted by molar-refractivity contribution is -0.124. The summed E-state index contributed by atoms with van der Waals surface area (Å²) < 4.78 is 31.6. The number of para-hydroxylation sites is 1. The van der Waals surface area contributed by atoms with Crippen LogP contribution in [0.2, 0.25) is 0 Å². The quantitative estimate of drug-likeness (QED) is 0.752. The number of likely N-dealkylation sites (tertiary alicyclic amines) is 1. The lowest BCUT2D eigenvalue weighted by Gasteiger charge is -2.30. The number of hydrazone groups is 1. The van der Waals surface area contributed by atoms with Crippen LogP contribution in [0, 0.1) is 0 Å². The average molecular weight is 415 g/mol. The van der Waals surface area contributed by atoms with Gasteiger partial charge in [-0.15, -0.1) is 0 Å². The largest absolute Gasteiger partial charge is 0.337 e. The van der Waals surface area contributed by atoms with Crippen molar-refractivity contribution < 1.29 is 17.7 Å². The van der Waals surface area contributed by atoms with Gasteiger partial charge in [0.15, 0.2) is 5.82 Å². The Morgan fingerprint density at radius 3 is 2.66 bits per heavy atom. The minimum atomic E-state index is -4.00. The maximum atomic E-state index is 13.1. The fraction of sp³-hybridized carbons (Fsp3) is 0.474. The first kappa shape index (κ1) is 18.3. The average Bonchev–Trinajstić information content (AvgIpc) is 3.49. The molecule has 1 aliphatic carbocycles. The molecule has 2 aliphatic heterocycles. The van der Waals surface area contributed by atoms with Gasteiger partial charge in [0.1, 0.15) is 6.54 Å². The van der Waals surface area contributed by atoms with Crippen LogP contribution >= 0.6 is 0 Å². The standard InChI is InChI=1S/C19H21N5O4S/c25-19(23-10-4-1-5-11-23)18-21-24(12-16-20-17(22-28-16)13-8-9-13)14-6-2-3-7-15(14)29(18,26)27/h2-3,6-7,13H,1,4-5,8-12H2. The molecule has 3 heterocycles. The number of carbonyl (C=O) groups excluding carboxylic acids is 1. The molecule has 10 heteroatoms. The Kier molecular flexibility index (Phi) is 4.38. The number of aromatic nitrogens is 2. The van der Waals surface area contributed by atoms with Crippen molar-refractivity contribution in [3.63, 3.8) is 0 Å². The van der Waals surface area contributed by atoms with Crippen molar-refractivity contribution in [2.75, 3.05) is 18.1 Å². The van der Waals surface area contributed by atoms with Gasteiger partial charge in [0, 0.05) is 19.0 Å². The van der Waals surface area contributed by atoms with Crippen molar-refractivity contribution in [1.29, 1.82) is 0 Å². The van der Waals surface area contributed by atoms with Crippen molar-refractivity contribution in [2.45, 2.75) is 49.5 Å². The van der Waals surface area contributed by atoms with Crippen LogP contribution < -0.4 is 5.01 Å². The number of anilines is 1. The maximum Gasteiger partial charge on any atom is 0.286 e. The van der Waals surface area contributed by atoms with Crippen LogP contribution in [-0.2, 0) is 21.2 Å². The monoisotopic (exact) mass is 415 g/mol. The minimum absolute atomic E-state index is 0.0669. The van der Waals surface area contributed by atoms with Gasteiger partial charge in [-0.1, -0.05) is 17.3 Å². The topological polar surface area (TPSA) is 109 Å². The number of rotatable bonds is 4. The molecule has 2 aromatic rings. The smallest absolute Gasteiger partial charge is 0.286 e. The number of piperidine rings is 1. The van der Waals surface area contributed by atoms with Gasteiger partial charge in [0.25, 0.3) is 5.91 Å². The lowest BCUT2D eigenvalue weighted by Crippen LogP contribution is -2.45. The maximum absolute atomic E-state index is 13.1. The zero-order chi connectivity index (χ0) is 20.0. The number of nitrogens with zero attached hydrogens (tertiary/aromatic N) is 5. The number of carbonyl (C=O) groups is 1. The van der Waals surface area contributed by atoms with E-state index in [0.29, 0.717) is 36.4 Å². The van der Waals surface area contributed by atoms with Crippen molar-refractivity contribution in [3.05, 3.63) is 36.0 Å². The predicted molar refractivity (Wildman–Crippen MR) is 104 cm³/mol. The first-order valence-electron chi connectivity index (χ1n) is 9.86. The van der Waals surface area contributed by atoms with Crippen LogP contribution in [0.4, 0.5) is 5.69 Å². The normalized spacial score (nSPS) is 20.9. The van der Waals surface area contributed by atoms with E-state index in [4.69, 9.17) is 4.52 Å². The molecule has 0 spiro atoms. The van der Waals surface area contributed by atoms with Gasteiger partial charge in [-0.25, -0.2) is 8.42 Å². The molecule has 9 nitrogen and oxygen atoms in total. The first-order valence-corrected chi connectivity index (χ1v) is 11.3. The molecule has 1 amide bonds. The summed E-state index contributed by atoms with van der Waals surface area (Å²) in [7, 11) is -4.00. The van der Waals surface area contributed by atoms with Gasteiger partial charge in [-0.2, -0.15) is 10.1 Å². The number of sulfone groups is 1. The van der Waals surface area contributed by atoms with Crippen LogP contribution in [0.25, 0.3) is 0 Å². The lowest BCUT2D eigenvalue weighted by atomic mass is 10.1. The van der Waals surface area contributed by atoms with Gasteiger partial charge >= 0.3 is 0 Å². The minimum Gasteiger partial charge on any atom is -0.337 e. The summed E-state index contributed by atoms with van der Waals surface area (Å²) >= 11 is 0. The summed E-state index contributed by atoms with van der Waals surface area (Å²) in [6.45, 7) is 1.19. The number of amides is 1. The second-order valence-electron chi connectivity index (χ2n) is 7.61. The SMILES string of the molecule is O=C(C1=NN(Cc2nc(C3CC3)no2)c2ccccc2S1(=O)=O)N1CCCCC1. The molecule has 0 radical (unpaired) electrons. The van der Waals surface area contributed by atoms with Gasteiger partial charge in [0.2, 0.25) is 20.8 Å². The van der Waals surface area contributed by atoms with Gasteiger partial charge in [-0.05, 0) is 44.2 Å². The molecule has 0 N–H and O–H groups in total. The van der Waals surface area contributed by atoms with Gasteiger partial charge < -0.3 is 9.42 Å². The fourth-order valence-corrected chi connectivity index (χ4v) is 5.18. The molecule has 0 bridgehead atoms. The zero-order valence-electron chi connectivity index (χ0n) is 15.8. The van der Waals surface area contributed by atoms with E-state index in [-0.39, 0.29) is 11.4 Å². The molecule has 29 heavy (non-hydrogen) atoms. The highest BCUT2D eigenvalue weighted by atomic mass is 32.2. The Bertz CT molecular complexity index is 1080. The summed E-state index contributed by atoms with van der Waals surface area (Å²) in [5, 5.41) is 9.29. The molecule has 2 fully saturated rings. The second-order valence-corrected chi connectivity index (χ2v) is 9.44. The molecular weight excluding hydrogens is 394 g/mol. The Morgan fingerprint density at radius 1 is 1.14 bits per heavy atom. The molecule has 3 aliphatic rings. The van der Waals surface area contributed by atoms with Crippen LogP contribution in [0.15, 0.2) is 38.8 Å². The molecule has 5 rings (SSSR count). The van der Waals surface area contributed by atoms with Crippen molar-refractivity contribution >= 4 is 26.5 Å². The van der Waals surface area contributed by atoms with E-state index in [0.717, 1.165) is 32.1 Å². The Morgan fingerprint density at radius 2 is 1.90 bits per heavy atom. The third kappa shape index (κ3) is 3.31. The molecule has 152 valence electrons. The predicted octanol–water partition coefficient (Wildman–Crippen LogP) is 2.07. The van der Waals surface area contributed by atoms with E-state index in [2.05, 4.69) is 15.2 Å². The Balaban J connectivity index is 1.51. The van der Waals surface area contributed by atoms with E-state index in [1.807, 2.05) is 0 Å². The van der Waals surface area contributed by atoms with E-state index >= 15 is 0 Å². The third-order valence-electron chi connectivity index (χ3n) is 5.44. The first-order chi connectivity index (χ1) is 14.0. The van der Waals surface area contributed by atoms with Crippen LogP contribution in [0.5, 0.6) is 0 Å². The number of hydrogen-bond acceptors (Lipinski definition) is 8. The highest BCUT2D eigenvalue weighted by Crippen LogP contribution is 2.38. The highest BCUT2D eigenvalue weighted by molar-refractivity contribution is 8.08. The highest BCUT2D eigenvalue weighted by Gasteiger charge is 2.40. The van der Waals surface area contributed by atoms with Crippen molar-refractivity contribution in [2.24, 2.45) is 5.10 Å². The fourth-order valence-electron chi connectivity index (χ4n) is 3.70. The summed E-state index contributed by atoms with van der Waals surface area (Å²) in [6.07, 6.45) is 4.88. The molecule has 1 saturated heterocycles. The third-order valence-corrected chi connectivity index (χ3v) is 7.13. The molecule has 1 saturated carbocycles. The summed E-state index contributed by atoms with van der Waals surface area (Å²) in [5.74, 6) is 0.815. The van der Waals surface area contributed by atoms with E-state index < -0.39 is 20.8 Å². The van der Waals surface area contributed by atoms with Crippen LogP contribution in [0.3, 0.4) is 0 Å². The van der Waals surface area contributed by atoms with Crippen LogP contribution in [-0.4, -0.2) is 47.5 Å². The Hall–Kier alpha value is -2.75. The van der Waals surface area contributed by atoms with Gasteiger partial charge in [0.05, 0.1) is 10.6 Å². The van der Waals surface area contributed by atoms with E-state index in [1.165, 1.54) is 11.1 Å². The number of hydrogen-bond donors (Lipinski definition) is 0. The molecule has 1 aromatic carbocycles. The second kappa shape index (κ2) is 6.94. The molecule has 0 unspecified atom stereocenters. The van der Waals surface area contributed by atoms with Crippen LogP contribution in [0.1, 0.15) is 49.7 Å². The van der Waals surface area contributed by atoms with E-state index in [9.17, 15) is 13.2 Å². The zero-order valence-corrected chi connectivity index (χ0v) is 16.6. The van der Waals surface area contributed by atoms with E-state index in [1.54, 1.807) is 23.1 Å². The van der Waals surface area contributed by atoms with Crippen molar-refractivity contribution in [1.82, 2.24) is 15.0 Å². The van der Waals surface area contributed by atoms with Crippen molar-refractivity contribution in [3.8, 4) is 0 Å². The summed E-state index contributed by atoms with van der Waals surface area (Å²) in [5.41, 5.74) is 0.397. The molecule has 0 atom stereocenters. The summed E-state index contributed by atoms with van der Waals surface area (Å²) in [4.78, 5) is 19.1. The molecular formula is C19H21N5O4S. The Labute approximate surface area is 168 Å².